The van der Waals surface area contributed by atoms with E-state index in [1.54, 1.807) is 12.1 Å². The molecule has 2 heterocycles. The fourth-order valence-corrected chi connectivity index (χ4v) is 4.58. The van der Waals surface area contributed by atoms with Gasteiger partial charge in [-0.3, -0.25) is 9.59 Å². The Balaban J connectivity index is 1.36. The number of carbonyl (C=O) groups is 3. The fourth-order valence-electron chi connectivity index (χ4n) is 4.58. The van der Waals surface area contributed by atoms with Crippen LogP contribution >= 0.6 is 0 Å². The second-order valence-electron chi connectivity index (χ2n) is 8.57. The average Bonchev–Trinajstić information content (AvgIpc) is 3.40. The van der Waals surface area contributed by atoms with Crippen LogP contribution in [0.15, 0.2) is 42.5 Å². The van der Waals surface area contributed by atoms with Crippen molar-refractivity contribution in [2.24, 2.45) is 11.8 Å². The lowest BCUT2D eigenvalue weighted by Crippen LogP contribution is -2.49. The first-order valence-corrected chi connectivity index (χ1v) is 11.0. The topological polar surface area (TPSA) is 115 Å². The predicted octanol–water partition coefficient (Wildman–Crippen LogP) is 2.59. The van der Waals surface area contributed by atoms with Crippen molar-refractivity contribution in [2.75, 3.05) is 12.3 Å². The first kappa shape index (κ1) is 21.8. The van der Waals surface area contributed by atoms with E-state index in [0.29, 0.717) is 30.3 Å². The molecular formula is C24H28N4O4. The first-order valence-electron chi connectivity index (χ1n) is 11.0. The zero-order chi connectivity index (χ0) is 22.7. The van der Waals surface area contributed by atoms with E-state index in [1.807, 2.05) is 25.1 Å². The van der Waals surface area contributed by atoms with E-state index in [-0.39, 0.29) is 25.0 Å². The molecule has 0 bridgehead atoms. The summed E-state index contributed by atoms with van der Waals surface area (Å²) in [7, 11) is 0. The molecule has 1 aliphatic carbocycles. The SMILES string of the molecule is Cc1nc(N)ccc1CNC(=O)[C@@H]1COC(=O)N1C(=O)[C@@H]1CC[C@@H](Cc2ccccc2)C1. The van der Waals surface area contributed by atoms with Gasteiger partial charge in [-0.05, 0) is 55.7 Å². The van der Waals surface area contributed by atoms with E-state index in [9.17, 15) is 14.4 Å². The highest BCUT2D eigenvalue weighted by molar-refractivity contribution is 6.00. The maximum Gasteiger partial charge on any atom is 0.417 e. The van der Waals surface area contributed by atoms with Crippen LogP contribution in [0.3, 0.4) is 0 Å². The molecule has 2 aliphatic rings. The number of amides is 3. The van der Waals surface area contributed by atoms with E-state index in [2.05, 4.69) is 22.4 Å². The number of aromatic nitrogens is 1. The Bertz CT molecular complexity index is 1010. The second kappa shape index (κ2) is 9.38. The number of benzene rings is 1. The van der Waals surface area contributed by atoms with Crippen LogP contribution in [0.5, 0.6) is 0 Å². The summed E-state index contributed by atoms with van der Waals surface area (Å²) >= 11 is 0. The van der Waals surface area contributed by atoms with Crippen molar-refractivity contribution in [1.29, 1.82) is 0 Å². The molecule has 4 rings (SSSR count). The zero-order valence-electron chi connectivity index (χ0n) is 18.1. The third-order valence-electron chi connectivity index (χ3n) is 6.34. The van der Waals surface area contributed by atoms with E-state index >= 15 is 0 Å². The fraction of sp³-hybridized carbons (Fsp3) is 0.417. The number of pyridine rings is 1. The Kier molecular flexibility index (Phi) is 6.39. The van der Waals surface area contributed by atoms with Gasteiger partial charge in [0.1, 0.15) is 12.4 Å². The number of rotatable bonds is 6. The third kappa shape index (κ3) is 4.74. The first-order chi connectivity index (χ1) is 15.4. The van der Waals surface area contributed by atoms with Crippen molar-refractivity contribution in [3.05, 3.63) is 59.3 Å². The molecule has 3 amide bonds. The molecule has 1 aromatic heterocycles. The molecule has 1 aliphatic heterocycles. The van der Waals surface area contributed by atoms with Crippen LogP contribution in [0.1, 0.15) is 36.1 Å². The van der Waals surface area contributed by atoms with Crippen LogP contribution in [0.2, 0.25) is 0 Å². The van der Waals surface area contributed by atoms with Crippen molar-refractivity contribution in [2.45, 2.75) is 45.2 Å². The van der Waals surface area contributed by atoms with Crippen LogP contribution in [-0.2, 0) is 27.3 Å². The monoisotopic (exact) mass is 436 g/mol. The summed E-state index contributed by atoms with van der Waals surface area (Å²) in [5, 5.41) is 2.79. The number of hydrogen-bond acceptors (Lipinski definition) is 6. The molecule has 0 spiro atoms. The molecule has 0 radical (unpaired) electrons. The molecular weight excluding hydrogens is 408 g/mol. The quantitative estimate of drug-likeness (QED) is 0.719. The van der Waals surface area contributed by atoms with E-state index < -0.39 is 18.0 Å². The highest BCUT2D eigenvalue weighted by Crippen LogP contribution is 2.35. The smallest absolute Gasteiger partial charge is 0.417 e. The van der Waals surface area contributed by atoms with Gasteiger partial charge in [0.25, 0.3) is 0 Å². The number of hydrogen-bond donors (Lipinski definition) is 2. The summed E-state index contributed by atoms with van der Waals surface area (Å²) in [6.07, 6.45) is 2.52. The predicted molar refractivity (Wildman–Crippen MR) is 118 cm³/mol. The van der Waals surface area contributed by atoms with E-state index in [0.717, 1.165) is 23.3 Å². The number of nitrogens with zero attached hydrogens (tertiary/aromatic N) is 2. The molecule has 8 heteroatoms. The summed E-state index contributed by atoms with van der Waals surface area (Å²) in [5.41, 5.74) is 8.44. The molecule has 168 valence electrons. The van der Waals surface area contributed by atoms with Gasteiger partial charge >= 0.3 is 6.09 Å². The summed E-state index contributed by atoms with van der Waals surface area (Å²) in [5.74, 6) is -0.203. The molecule has 8 nitrogen and oxygen atoms in total. The lowest BCUT2D eigenvalue weighted by atomic mass is 9.96. The lowest BCUT2D eigenvalue weighted by molar-refractivity contribution is -0.138. The van der Waals surface area contributed by atoms with Crippen LogP contribution < -0.4 is 11.1 Å². The molecule has 0 unspecified atom stereocenters. The van der Waals surface area contributed by atoms with Gasteiger partial charge in [-0.25, -0.2) is 14.7 Å². The van der Waals surface area contributed by atoms with Gasteiger partial charge in [0.15, 0.2) is 6.04 Å². The highest BCUT2D eigenvalue weighted by atomic mass is 16.6. The Morgan fingerprint density at radius 3 is 2.72 bits per heavy atom. The Morgan fingerprint density at radius 2 is 1.97 bits per heavy atom. The minimum atomic E-state index is -0.953. The van der Waals surface area contributed by atoms with Gasteiger partial charge in [0.05, 0.1) is 0 Å². The molecule has 3 atom stereocenters. The van der Waals surface area contributed by atoms with Crippen LogP contribution in [0.4, 0.5) is 10.6 Å². The van der Waals surface area contributed by atoms with Crippen molar-refractivity contribution in [3.8, 4) is 0 Å². The minimum Gasteiger partial charge on any atom is -0.446 e. The van der Waals surface area contributed by atoms with Crippen LogP contribution in [0.25, 0.3) is 0 Å². The minimum absolute atomic E-state index is 0.129. The number of ether oxygens (including phenoxy) is 1. The number of carbonyl (C=O) groups excluding carboxylic acids is 3. The molecule has 1 saturated carbocycles. The highest BCUT2D eigenvalue weighted by Gasteiger charge is 2.45. The molecule has 2 aromatic rings. The molecule has 32 heavy (non-hydrogen) atoms. The second-order valence-corrected chi connectivity index (χ2v) is 8.57. The normalized spacial score (nSPS) is 22.6. The summed E-state index contributed by atoms with van der Waals surface area (Å²) in [6, 6.07) is 12.7. The van der Waals surface area contributed by atoms with Crippen LogP contribution in [0, 0.1) is 18.8 Å². The van der Waals surface area contributed by atoms with Crippen molar-refractivity contribution in [3.63, 3.8) is 0 Å². The van der Waals surface area contributed by atoms with Gasteiger partial charge in [-0.1, -0.05) is 36.4 Å². The number of anilines is 1. The third-order valence-corrected chi connectivity index (χ3v) is 6.34. The Morgan fingerprint density at radius 1 is 1.19 bits per heavy atom. The van der Waals surface area contributed by atoms with E-state index in [4.69, 9.17) is 10.5 Å². The van der Waals surface area contributed by atoms with Crippen molar-refractivity contribution in [1.82, 2.24) is 15.2 Å². The van der Waals surface area contributed by atoms with Crippen LogP contribution in [-0.4, -0.2) is 40.4 Å². The van der Waals surface area contributed by atoms with E-state index in [1.165, 1.54) is 5.56 Å². The maximum absolute atomic E-state index is 13.2. The maximum atomic E-state index is 13.2. The lowest BCUT2D eigenvalue weighted by Gasteiger charge is -2.22. The van der Waals surface area contributed by atoms with Crippen molar-refractivity contribution >= 4 is 23.7 Å². The van der Waals surface area contributed by atoms with Gasteiger partial charge in [0, 0.05) is 18.2 Å². The zero-order valence-corrected chi connectivity index (χ0v) is 18.1. The number of aryl methyl sites for hydroxylation is 1. The number of cyclic esters (lactones) is 1. The van der Waals surface area contributed by atoms with Gasteiger partial charge in [0.2, 0.25) is 11.8 Å². The number of imide groups is 1. The largest absolute Gasteiger partial charge is 0.446 e. The molecule has 3 N–H and O–H groups in total. The molecule has 2 fully saturated rings. The number of nitrogens with one attached hydrogen (secondary N) is 1. The Hall–Kier alpha value is -3.42. The molecule has 1 saturated heterocycles. The van der Waals surface area contributed by atoms with Gasteiger partial charge in [-0.15, -0.1) is 0 Å². The standard InChI is InChI=1S/C24H28N4O4/c1-15-19(9-10-21(25)27-15)13-26-22(29)20-14-32-24(31)28(20)23(30)18-8-7-17(12-18)11-16-5-3-2-4-6-16/h2-6,9-10,17-18,20H,7-8,11-14H2,1H3,(H2,25,27)(H,26,29)/t17-,18+,20-/m0/s1. The van der Waals surface area contributed by atoms with Crippen molar-refractivity contribution < 1.29 is 19.1 Å². The summed E-state index contributed by atoms with van der Waals surface area (Å²) in [6.45, 7) is 1.91. The summed E-state index contributed by atoms with van der Waals surface area (Å²) < 4.78 is 5.07. The average molecular weight is 437 g/mol. The number of nitrogens with two attached hydrogens (primary N) is 1. The Labute approximate surface area is 187 Å². The molecule has 1 aromatic carbocycles. The summed E-state index contributed by atoms with van der Waals surface area (Å²) in [4.78, 5) is 43.4. The van der Waals surface area contributed by atoms with Gasteiger partial charge < -0.3 is 15.8 Å². The number of nitrogen functional groups attached to an aromatic ring is 1. The van der Waals surface area contributed by atoms with Gasteiger partial charge in [-0.2, -0.15) is 0 Å².